The van der Waals surface area contributed by atoms with Gasteiger partial charge in [-0.25, -0.2) is 0 Å². The third-order valence-corrected chi connectivity index (χ3v) is 3.22. The summed E-state index contributed by atoms with van der Waals surface area (Å²) in [5.41, 5.74) is 3.73. The average Bonchev–Trinajstić information content (AvgIpc) is 2.47. The van der Waals surface area contributed by atoms with Gasteiger partial charge in [-0.1, -0.05) is 25.1 Å². The summed E-state index contributed by atoms with van der Waals surface area (Å²) in [6, 6.07) is 15.5. The summed E-state index contributed by atoms with van der Waals surface area (Å²) < 4.78 is 0. The van der Waals surface area contributed by atoms with Crippen LogP contribution in [0.2, 0.25) is 0 Å². The maximum atomic E-state index is 12.3. The molecule has 2 aromatic rings. The Morgan fingerprint density at radius 3 is 2.55 bits per heavy atom. The van der Waals surface area contributed by atoms with Crippen LogP contribution in [0.4, 0.5) is 11.4 Å². The number of aryl methyl sites for hydroxylation is 1. The summed E-state index contributed by atoms with van der Waals surface area (Å²) in [5, 5.41) is 2.94. The number of carbonyl (C=O) groups is 1. The molecule has 0 saturated heterocycles. The molecule has 0 unspecified atom stereocenters. The van der Waals surface area contributed by atoms with Gasteiger partial charge in [-0.3, -0.25) is 4.79 Å². The van der Waals surface area contributed by atoms with E-state index in [1.807, 2.05) is 61.5 Å². The van der Waals surface area contributed by atoms with E-state index in [0.717, 1.165) is 17.8 Å². The van der Waals surface area contributed by atoms with E-state index in [1.54, 1.807) is 0 Å². The molecule has 0 aliphatic rings. The molecule has 2 rings (SSSR count). The molecule has 0 heterocycles. The highest BCUT2D eigenvalue weighted by Gasteiger charge is 2.07. The molecule has 0 radical (unpaired) electrons. The van der Waals surface area contributed by atoms with Crippen LogP contribution in [0.25, 0.3) is 0 Å². The molecule has 20 heavy (non-hydrogen) atoms. The quantitative estimate of drug-likeness (QED) is 0.919. The summed E-state index contributed by atoms with van der Waals surface area (Å²) in [6.07, 6.45) is 0.958. The summed E-state index contributed by atoms with van der Waals surface area (Å²) in [6.45, 7) is 2.10. The van der Waals surface area contributed by atoms with Gasteiger partial charge in [-0.15, -0.1) is 0 Å². The van der Waals surface area contributed by atoms with E-state index in [2.05, 4.69) is 18.3 Å². The van der Waals surface area contributed by atoms with Crippen molar-refractivity contribution in [2.45, 2.75) is 13.3 Å². The van der Waals surface area contributed by atoms with Crippen LogP contribution in [0.15, 0.2) is 48.5 Å². The average molecular weight is 268 g/mol. The van der Waals surface area contributed by atoms with Gasteiger partial charge in [0.25, 0.3) is 5.91 Å². The molecule has 3 nitrogen and oxygen atoms in total. The molecule has 2 aromatic carbocycles. The van der Waals surface area contributed by atoms with Crippen LogP contribution >= 0.6 is 0 Å². The lowest BCUT2D eigenvalue weighted by Crippen LogP contribution is -2.14. The fourth-order valence-electron chi connectivity index (χ4n) is 2.00. The van der Waals surface area contributed by atoms with Crippen molar-refractivity contribution in [1.82, 2.24) is 0 Å². The van der Waals surface area contributed by atoms with Gasteiger partial charge in [0.15, 0.2) is 0 Å². The van der Waals surface area contributed by atoms with Crippen LogP contribution in [0.5, 0.6) is 0 Å². The summed E-state index contributed by atoms with van der Waals surface area (Å²) in [4.78, 5) is 14.2. The number of nitrogens with one attached hydrogen (secondary N) is 1. The molecule has 1 N–H and O–H groups in total. The normalized spacial score (nSPS) is 10.2. The second-order valence-corrected chi connectivity index (χ2v) is 4.95. The number of carbonyl (C=O) groups excluding carboxylic acids is 1. The fraction of sp³-hybridized carbons (Fsp3) is 0.235. The molecule has 0 spiro atoms. The van der Waals surface area contributed by atoms with Crippen LogP contribution in [-0.4, -0.2) is 20.0 Å². The largest absolute Gasteiger partial charge is 0.378 e. The molecule has 0 fully saturated rings. The topological polar surface area (TPSA) is 32.3 Å². The summed E-state index contributed by atoms with van der Waals surface area (Å²) in [5.74, 6) is -0.0815. The van der Waals surface area contributed by atoms with Crippen LogP contribution in [0.3, 0.4) is 0 Å². The Balaban J connectivity index is 2.17. The second kappa shape index (κ2) is 6.24. The third kappa shape index (κ3) is 3.38. The van der Waals surface area contributed by atoms with Crippen molar-refractivity contribution in [3.8, 4) is 0 Å². The summed E-state index contributed by atoms with van der Waals surface area (Å²) in [7, 11) is 3.92. The predicted octanol–water partition coefficient (Wildman–Crippen LogP) is 3.57. The number of hydrogen-bond donors (Lipinski definition) is 1. The highest BCUT2D eigenvalue weighted by atomic mass is 16.1. The van der Waals surface area contributed by atoms with Crippen LogP contribution in [-0.2, 0) is 6.42 Å². The van der Waals surface area contributed by atoms with Crippen molar-refractivity contribution < 1.29 is 4.79 Å². The highest BCUT2D eigenvalue weighted by molar-refractivity contribution is 6.04. The zero-order chi connectivity index (χ0) is 14.5. The van der Waals surface area contributed by atoms with E-state index < -0.39 is 0 Å². The van der Waals surface area contributed by atoms with Gasteiger partial charge < -0.3 is 10.2 Å². The lowest BCUT2D eigenvalue weighted by atomic mass is 10.1. The van der Waals surface area contributed by atoms with Gasteiger partial charge >= 0.3 is 0 Å². The first-order valence-corrected chi connectivity index (χ1v) is 6.78. The van der Waals surface area contributed by atoms with Gasteiger partial charge in [0.2, 0.25) is 0 Å². The molecule has 0 aromatic heterocycles. The minimum Gasteiger partial charge on any atom is -0.378 e. The first-order chi connectivity index (χ1) is 9.60. The Hall–Kier alpha value is -2.29. The Bertz CT molecular complexity index is 605. The maximum Gasteiger partial charge on any atom is 0.255 e. The van der Waals surface area contributed by atoms with Crippen molar-refractivity contribution in [3.63, 3.8) is 0 Å². The van der Waals surface area contributed by atoms with Crippen molar-refractivity contribution in [2.24, 2.45) is 0 Å². The lowest BCUT2D eigenvalue weighted by Gasteiger charge is -2.13. The molecular weight excluding hydrogens is 248 g/mol. The van der Waals surface area contributed by atoms with Gasteiger partial charge in [-0.2, -0.15) is 0 Å². The van der Waals surface area contributed by atoms with E-state index >= 15 is 0 Å². The Morgan fingerprint density at radius 2 is 1.85 bits per heavy atom. The molecule has 0 aliphatic carbocycles. The molecule has 0 saturated carbocycles. The van der Waals surface area contributed by atoms with Gasteiger partial charge in [0, 0.05) is 31.0 Å². The monoisotopic (exact) mass is 268 g/mol. The van der Waals surface area contributed by atoms with Crippen molar-refractivity contribution in [1.29, 1.82) is 0 Å². The van der Waals surface area contributed by atoms with E-state index in [-0.39, 0.29) is 5.91 Å². The Kier molecular flexibility index (Phi) is 4.41. The van der Waals surface area contributed by atoms with Crippen molar-refractivity contribution >= 4 is 17.3 Å². The number of hydrogen-bond acceptors (Lipinski definition) is 2. The first-order valence-electron chi connectivity index (χ1n) is 6.78. The maximum absolute atomic E-state index is 12.3. The third-order valence-electron chi connectivity index (χ3n) is 3.22. The number of benzene rings is 2. The molecule has 104 valence electrons. The van der Waals surface area contributed by atoms with Gasteiger partial charge in [0.05, 0.1) is 0 Å². The molecule has 0 bridgehead atoms. The first kappa shape index (κ1) is 14.1. The zero-order valence-corrected chi connectivity index (χ0v) is 12.2. The molecular formula is C17H20N2O. The lowest BCUT2D eigenvalue weighted by molar-refractivity contribution is 0.102. The molecule has 3 heteroatoms. The smallest absolute Gasteiger partial charge is 0.255 e. The fourth-order valence-corrected chi connectivity index (χ4v) is 2.00. The van der Waals surface area contributed by atoms with Gasteiger partial charge in [-0.05, 0) is 42.3 Å². The Morgan fingerprint density at radius 1 is 1.10 bits per heavy atom. The van der Waals surface area contributed by atoms with Crippen molar-refractivity contribution in [3.05, 3.63) is 59.7 Å². The molecule has 1 amide bonds. The number of rotatable bonds is 4. The number of amides is 1. The SMILES string of the molecule is CCc1cccc(NC(=O)c2cccc(N(C)C)c2)c1. The Labute approximate surface area is 120 Å². The van der Waals surface area contributed by atoms with E-state index in [0.29, 0.717) is 5.56 Å². The predicted molar refractivity (Wildman–Crippen MR) is 84.5 cm³/mol. The molecule has 0 atom stereocenters. The minimum absolute atomic E-state index is 0.0815. The number of anilines is 2. The summed E-state index contributed by atoms with van der Waals surface area (Å²) >= 11 is 0. The van der Waals surface area contributed by atoms with E-state index in [9.17, 15) is 4.79 Å². The van der Waals surface area contributed by atoms with Crippen molar-refractivity contribution in [2.75, 3.05) is 24.3 Å². The highest BCUT2D eigenvalue weighted by Crippen LogP contribution is 2.16. The second-order valence-electron chi connectivity index (χ2n) is 4.95. The standard InChI is InChI=1S/C17H20N2O/c1-4-13-7-5-9-15(11-13)18-17(20)14-8-6-10-16(12-14)19(2)3/h5-12H,4H2,1-3H3,(H,18,20). The van der Waals surface area contributed by atoms with Gasteiger partial charge in [0.1, 0.15) is 0 Å². The molecule has 0 aliphatic heterocycles. The van der Waals surface area contributed by atoms with Crippen LogP contribution in [0, 0.1) is 0 Å². The minimum atomic E-state index is -0.0815. The van der Waals surface area contributed by atoms with Crippen LogP contribution < -0.4 is 10.2 Å². The number of nitrogens with zero attached hydrogens (tertiary/aromatic N) is 1. The van der Waals surface area contributed by atoms with E-state index in [1.165, 1.54) is 5.56 Å². The van der Waals surface area contributed by atoms with E-state index in [4.69, 9.17) is 0 Å². The zero-order valence-electron chi connectivity index (χ0n) is 12.2. The van der Waals surface area contributed by atoms with Crippen LogP contribution in [0.1, 0.15) is 22.8 Å².